The largest absolute Gasteiger partial charge is 0.482 e. The summed E-state index contributed by atoms with van der Waals surface area (Å²) >= 11 is 12.7. The minimum atomic E-state index is -0.0228. The number of ether oxygens (including phenoxy) is 1. The van der Waals surface area contributed by atoms with Crippen LogP contribution >= 0.6 is 23.2 Å². The summed E-state index contributed by atoms with van der Waals surface area (Å²) in [4.78, 5) is 17.5. The number of fused-ring (bicyclic) bond motifs is 1. The minimum Gasteiger partial charge on any atom is -0.482 e. The summed E-state index contributed by atoms with van der Waals surface area (Å²) < 4.78 is 5.94. The summed E-state index contributed by atoms with van der Waals surface area (Å²) in [5, 5.41) is 2.71. The Morgan fingerprint density at radius 3 is 2.52 bits per heavy atom. The van der Waals surface area contributed by atoms with E-state index in [9.17, 15) is 4.79 Å². The molecule has 0 unspecified atom stereocenters. The van der Waals surface area contributed by atoms with E-state index in [0.717, 1.165) is 30.3 Å². The van der Waals surface area contributed by atoms with Gasteiger partial charge in [0.1, 0.15) is 5.75 Å². The van der Waals surface area contributed by atoms with Gasteiger partial charge in [0.25, 0.3) is 5.91 Å². The first-order valence-electron chi connectivity index (χ1n) is 10.6. The highest BCUT2D eigenvalue weighted by molar-refractivity contribution is 6.39. The number of carbonyl (C=O) groups excluding carboxylic acids is 1. The molecule has 1 aliphatic carbocycles. The standard InChI is InChI=1S/C23H28Cl2N2O2/c1-26(20-10-4-5-11-21(20)27-12-6-7-13-27)22(28)15-29-23-17-9-3-2-8-16(17)18(24)14-19(23)25/h2-3,8-9,14,20-21H,4-7,10-13,15H2,1H3/t20-,21-/m1/s1. The maximum Gasteiger partial charge on any atom is 0.260 e. The maximum atomic E-state index is 13.0. The molecule has 4 rings (SSSR count). The van der Waals surface area contributed by atoms with Crippen molar-refractivity contribution in [3.63, 3.8) is 0 Å². The number of halogens is 2. The van der Waals surface area contributed by atoms with Crippen LogP contribution < -0.4 is 4.74 Å². The van der Waals surface area contributed by atoms with Crippen LogP contribution in [0.4, 0.5) is 0 Å². The van der Waals surface area contributed by atoms with Gasteiger partial charge in [-0.25, -0.2) is 0 Å². The van der Waals surface area contributed by atoms with Crippen LogP contribution in [-0.4, -0.2) is 54.5 Å². The quantitative estimate of drug-likeness (QED) is 0.631. The number of likely N-dealkylation sites (N-methyl/N-ethyl adjacent to an activating group) is 1. The molecule has 2 fully saturated rings. The number of nitrogens with zero attached hydrogens (tertiary/aromatic N) is 2. The fourth-order valence-electron chi connectivity index (χ4n) is 4.88. The zero-order chi connectivity index (χ0) is 20.4. The summed E-state index contributed by atoms with van der Waals surface area (Å²) in [6.07, 6.45) is 7.22. The predicted molar refractivity (Wildman–Crippen MR) is 119 cm³/mol. The lowest BCUT2D eigenvalue weighted by atomic mass is 9.88. The van der Waals surface area contributed by atoms with Crippen LogP contribution in [0.3, 0.4) is 0 Å². The van der Waals surface area contributed by atoms with Gasteiger partial charge in [0.15, 0.2) is 6.61 Å². The van der Waals surface area contributed by atoms with Gasteiger partial charge >= 0.3 is 0 Å². The number of carbonyl (C=O) groups is 1. The first kappa shape index (κ1) is 20.8. The lowest BCUT2D eigenvalue weighted by molar-refractivity contribution is -0.136. The summed E-state index contributed by atoms with van der Waals surface area (Å²) in [5.41, 5.74) is 0. The molecule has 2 aromatic carbocycles. The van der Waals surface area contributed by atoms with Crippen LogP contribution in [0.15, 0.2) is 30.3 Å². The Morgan fingerprint density at radius 1 is 1.07 bits per heavy atom. The van der Waals surface area contributed by atoms with Crippen molar-refractivity contribution in [1.82, 2.24) is 9.80 Å². The Bertz CT molecular complexity index is 883. The average Bonchev–Trinajstić information content (AvgIpc) is 3.27. The highest BCUT2D eigenvalue weighted by Crippen LogP contribution is 2.38. The second-order valence-corrected chi connectivity index (χ2v) is 8.98. The smallest absolute Gasteiger partial charge is 0.260 e. The molecule has 1 aliphatic heterocycles. The third-order valence-corrected chi connectivity index (χ3v) is 7.03. The second kappa shape index (κ2) is 9.11. The zero-order valence-corrected chi connectivity index (χ0v) is 18.4. The first-order chi connectivity index (χ1) is 14.1. The van der Waals surface area contributed by atoms with Gasteiger partial charge in [0.2, 0.25) is 0 Å². The van der Waals surface area contributed by atoms with E-state index >= 15 is 0 Å². The summed E-state index contributed by atoms with van der Waals surface area (Å²) in [7, 11) is 1.92. The molecule has 2 aromatic rings. The van der Waals surface area contributed by atoms with Gasteiger partial charge in [-0.15, -0.1) is 0 Å². The molecular weight excluding hydrogens is 407 g/mol. The van der Waals surface area contributed by atoms with Gasteiger partial charge in [0, 0.05) is 29.9 Å². The molecule has 1 saturated carbocycles. The van der Waals surface area contributed by atoms with E-state index in [1.54, 1.807) is 6.07 Å². The summed E-state index contributed by atoms with van der Waals surface area (Å²) in [5.74, 6) is 0.518. The number of amides is 1. The number of rotatable bonds is 5. The average molecular weight is 435 g/mol. The molecule has 2 aliphatic rings. The molecule has 29 heavy (non-hydrogen) atoms. The topological polar surface area (TPSA) is 32.8 Å². The number of hydrogen-bond acceptors (Lipinski definition) is 3. The summed E-state index contributed by atoms with van der Waals surface area (Å²) in [6, 6.07) is 10.1. The first-order valence-corrected chi connectivity index (χ1v) is 11.3. The van der Waals surface area contributed by atoms with Crippen molar-refractivity contribution in [1.29, 1.82) is 0 Å². The highest BCUT2D eigenvalue weighted by atomic mass is 35.5. The van der Waals surface area contributed by atoms with Crippen molar-refractivity contribution in [3.05, 3.63) is 40.4 Å². The van der Waals surface area contributed by atoms with Gasteiger partial charge < -0.3 is 9.64 Å². The van der Waals surface area contributed by atoms with Gasteiger partial charge in [-0.2, -0.15) is 0 Å². The lowest BCUT2D eigenvalue weighted by Crippen LogP contribution is -2.54. The summed E-state index contributed by atoms with van der Waals surface area (Å²) in [6.45, 7) is 2.29. The van der Waals surface area contributed by atoms with Gasteiger partial charge in [-0.3, -0.25) is 9.69 Å². The van der Waals surface area contributed by atoms with Crippen LogP contribution in [0.5, 0.6) is 5.75 Å². The monoisotopic (exact) mass is 434 g/mol. The van der Waals surface area contributed by atoms with Crippen molar-refractivity contribution in [2.75, 3.05) is 26.7 Å². The minimum absolute atomic E-state index is 0.00352. The molecular formula is C23H28Cl2N2O2. The van der Waals surface area contributed by atoms with E-state index in [4.69, 9.17) is 27.9 Å². The Kier molecular flexibility index (Phi) is 6.53. The molecule has 6 heteroatoms. The normalized spacial score (nSPS) is 22.7. The Labute approximate surface area is 182 Å². The fraction of sp³-hybridized carbons (Fsp3) is 0.522. The van der Waals surface area contributed by atoms with Crippen molar-refractivity contribution in [3.8, 4) is 5.75 Å². The Hall–Kier alpha value is -1.49. The van der Waals surface area contributed by atoms with Crippen LogP contribution in [-0.2, 0) is 4.79 Å². The lowest BCUT2D eigenvalue weighted by Gasteiger charge is -2.42. The molecule has 2 atom stereocenters. The highest BCUT2D eigenvalue weighted by Gasteiger charge is 2.35. The van der Waals surface area contributed by atoms with Gasteiger partial charge in [-0.1, -0.05) is 60.3 Å². The van der Waals surface area contributed by atoms with Crippen molar-refractivity contribution in [2.24, 2.45) is 0 Å². The van der Waals surface area contributed by atoms with E-state index in [1.807, 2.05) is 36.2 Å². The van der Waals surface area contributed by atoms with Crippen LogP contribution in [0.2, 0.25) is 10.0 Å². The van der Waals surface area contributed by atoms with E-state index in [-0.39, 0.29) is 18.6 Å². The molecule has 0 aromatic heterocycles. The van der Waals surface area contributed by atoms with Crippen LogP contribution in [0, 0.1) is 0 Å². The molecule has 1 heterocycles. The van der Waals surface area contributed by atoms with Crippen LogP contribution in [0.1, 0.15) is 38.5 Å². The zero-order valence-electron chi connectivity index (χ0n) is 16.9. The van der Waals surface area contributed by atoms with Crippen LogP contribution in [0.25, 0.3) is 10.8 Å². The SMILES string of the molecule is CN(C(=O)COc1c(Cl)cc(Cl)c2ccccc12)[C@@H]1CCCC[C@H]1N1CCCC1. The van der Waals surface area contributed by atoms with E-state index in [2.05, 4.69) is 4.90 Å². The molecule has 1 amide bonds. The molecule has 1 saturated heterocycles. The maximum absolute atomic E-state index is 13.0. The van der Waals surface area contributed by atoms with E-state index in [1.165, 1.54) is 32.1 Å². The second-order valence-electron chi connectivity index (χ2n) is 8.17. The molecule has 0 N–H and O–H groups in total. The molecule has 4 nitrogen and oxygen atoms in total. The number of likely N-dealkylation sites (tertiary alicyclic amines) is 1. The molecule has 156 valence electrons. The van der Waals surface area contributed by atoms with Crippen molar-refractivity contribution >= 4 is 39.9 Å². The fourth-order valence-corrected chi connectivity index (χ4v) is 5.48. The molecule has 0 bridgehead atoms. The van der Waals surface area contributed by atoms with E-state index < -0.39 is 0 Å². The Balaban J connectivity index is 1.47. The molecule has 0 spiro atoms. The van der Waals surface area contributed by atoms with E-state index in [0.29, 0.717) is 21.8 Å². The predicted octanol–water partition coefficient (Wildman–Crippen LogP) is 5.39. The molecule has 0 radical (unpaired) electrons. The third-order valence-electron chi connectivity index (χ3n) is 6.43. The van der Waals surface area contributed by atoms with Crippen molar-refractivity contribution in [2.45, 2.75) is 50.6 Å². The van der Waals surface area contributed by atoms with Gasteiger partial charge in [-0.05, 0) is 44.8 Å². The third kappa shape index (κ3) is 4.35. The van der Waals surface area contributed by atoms with Crippen molar-refractivity contribution < 1.29 is 9.53 Å². The Morgan fingerprint density at radius 2 is 1.76 bits per heavy atom. The number of benzene rings is 2. The number of hydrogen-bond donors (Lipinski definition) is 0. The van der Waals surface area contributed by atoms with Gasteiger partial charge in [0.05, 0.1) is 10.0 Å².